The topological polar surface area (TPSA) is 21.4 Å². The molecule has 0 unspecified atom stereocenters. The molecule has 0 amide bonds. The lowest BCUT2D eigenvalue weighted by Crippen LogP contribution is -1.93. The lowest BCUT2D eigenvalue weighted by Gasteiger charge is -2.13. The molecule has 0 radical (unpaired) electrons. The van der Waals surface area contributed by atoms with Gasteiger partial charge >= 0.3 is 0 Å². The van der Waals surface area contributed by atoms with Crippen molar-refractivity contribution in [1.82, 2.24) is 8.97 Å². The van der Waals surface area contributed by atoms with Crippen LogP contribution in [0.2, 0.25) is 0 Å². The molecule has 13 rings (SSSR count). The van der Waals surface area contributed by atoms with E-state index >= 15 is 0 Å². The van der Waals surface area contributed by atoms with Gasteiger partial charge in [-0.3, -0.25) is 0 Å². The van der Waals surface area contributed by atoms with Gasteiger partial charge in [0.2, 0.25) is 0 Å². The largest absolute Gasteiger partial charge is 0.355 e. The Hall–Kier alpha value is -7.88. The zero-order chi connectivity index (χ0) is 38.6. The van der Waals surface area contributed by atoms with Crippen LogP contribution in [0.25, 0.3) is 109 Å². The van der Waals surface area contributed by atoms with E-state index in [4.69, 9.17) is 0 Å². The van der Waals surface area contributed by atoms with Gasteiger partial charge in [-0.15, -0.1) is 0 Å². The first kappa shape index (κ1) is 32.2. The summed E-state index contributed by atoms with van der Waals surface area (Å²) < 4.78 is 4.94. The van der Waals surface area contributed by atoms with E-state index in [1.54, 1.807) is 0 Å². The van der Waals surface area contributed by atoms with E-state index in [0.717, 1.165) is 11.4 Å². The van der Waals surface area contributed by atoms with Gasteiger partial charge in [0, 0.05) is 54.9 Å². The molecule has 59 heavy (non-hydrogen) atoms. The molecule has 274 valence electrons. The van der Waals surface area contributed by atoms with Gasteiger partial charge in [-0.05, 0) is 117 Å². The highest BCUT2D eigenvalue weighted by atomic mass is 15.0. The number of para-hydroxylation sites is 3. The van der Waals surface area contributed by atoms with Crippen LogP contribution in [0, 0.1) is 0 Å². The summed E-state index contributed by atoms with van der Waals surface area (Å²) in [6, 6.07) is 75.6. The highest BCUT2D eigenvalue weighted by Crippen LogP contribution is 2.45. The summed E-state index contributed by atoms with van der Waals surface area (Å²) in [5.41, 5.74) is 14.3. The number of benzene rings is 10. The van der Waals surface area contributed by atoms with Crippen LogP contribution < -0.4 is 5.32 Å². The van der Waals surface area contributed by atoms with E-state index in [2.05, 4.69) is 221 Å². The fourth-order valence-corrected chi connectivity index (χ4v) is 9.85. The Morgan fingerprint density at radius 1 is 0.322 bits per heavy atom. The van der Waals surface area contributed by atoms with Gasteiger partial charge in [0.15, 0.2) is 0 Å². The maximum absolute atomic E-state index is 3.77. The zero-order valence-corrected chi connectivity index (χ0v) is 32.0. The number of aromatic nitrogens is 2. The molecular formula is C56H35N3. The molecule has 10 aromatic carbocycles. The fourth-order valence-electron chi connectivity index (χ4n) is 9.85. The van der Waals surface area contributed by atoms with E-state index in [9.17, 15) is 0 Å². The quantitative estimate of drug-likeness (QED) is 0.186. The van der Waals surface area contributed by atoms with E-state index in [1.165, 1.54) is 109 Å². The van der Waals surface area contributed by atoms with Crippen LogP contribution in [0.5, 0.6) is 0 Å². The van der Waals surface area contributed by atoms with E-state index in [-0.39, 0.29) is 0 Å². The van der Waals surface area contributed by atoms with Gasteiger partial charge < -0.3 is 14.3 Å². The first-order valence-electron chi connectivity index (χ1n) is 20.3. The molecule has 0 fully saturated rings. The third-order valence-electron chi connectivity index (χ3n) is 12.5. The van der Waals surface area contributed by atoms with Crippen molar-refractivity contribution >= 4 is 92.8 Å². The summed E-state index contributed by atoms with van der Waals surface area (Å²) in [5.74, 6) is 0. The summed E-state index contributed by atoms with van der Waals surface area (Å²) in [7, 11) is 0. The molecule has 0 aliphatic rings. The van der Waals surface area contributed by atoms with Crippen molar-refractivity contribution in [3.63, 3.8) is 0 Å². The van der Waals surface area contributed by atoms with Crippen LogP contribution in [-0.2, 0) is 0 Å². The Labute approximate surface area is 339 Å². The molecule has 0 saturated carbocycles. The maximum Gasteiger partial charge on any atom is 0.0620 e. The number of nitrogens with one attached hydrogen (secondary N) is 1. The highest BCUT2D eigenvalue weighted by Gasteiger charge is 2.21. The Balaban J connectivity index is 1.05. The fraction of sp³-hybridized carbons (Fsp3) is 0. The van der Waals surface area contributed by atoms with E-state index in [0.29, 0.717) is 0 Å². The Kier molecular flexibility index (Phi) is 6.72. The minimum Gasteiger partial charge on any atom is -0.355 e. The average molecular weight is 750 g/mol. The molecule has 3 nitrogen and oxygen atoms in total. The van der Waals surface area contributed by atoms with Crippen LogP contribution in [0.3, 0.4) is 0 Å². The van der Waals surface area contributed by atoms with E-state index in [1.807, 2.05) is 0 Å². The molecular weight excluding hydrogens is 715 g/mol. The van der Waals surface area contributed by atoms with Crippen molar-refractivity contribution in [2.45, 2.75) is 0 Å². The molecule has 0 spiro atoms. The average Bonchev–Trinajstić information content (AvgIpc) is 3.92. The lowest BCUT2D eigenvalue weighted by molar-refractivity contribution is 1.19. The summed E-state index contributed by atoms with van der Waals surface area (Å²) in [5, 5.41) is 16.3. The Bertz CT molecular complexity index is 3740. The molecule has 1 N–H and O–H groups in total. The van der Waals surface area contributed by atoms with Gasteiger partial charge in [0.1, 0.15) is 0 Å². The summed E-state index contributed by atoms with van der Waals surface area (Å²) in [6.45, 7) is 0. The minimum atomic E-state index is 1.06. The number of anilines is 2. The van der Waals surface area contributed by atoms with Gasteiger partial charge in [0.05, 0.1) is 27.6 Å². The number of hydrogen-bond donors (Lipinski definition) is 1. The molecule has 3 heteroatoms. The third-order valence-corrected chi connectivity index (χ3v) is 12.5. The van der Waals surface area contributed by atoms with Crippen LogP contribution in [0.4, 0.5) is 11.4 Å². The molecule has 13 aromatic rings. The smallest absolute Gasteiger partial charge is 0.0620 e. The number of fused-ring (bicyclic) bond motifs is 11. The van der Waals surface area contributed by atoms with Crippen molar-refractivity contribution < 1.29 is 0 Å². The number of hydrogen-bond acceptors (Lipinski definition) is 1. The second-order valence-electron chi connectivity index (χ2n) is 15.9. The first-order valence-corrected chi connectivity index (χ1v) is 20.3. The molecule has 0 bridgehead atoms. The standard InChI is InChI=1S/C56H35N3/c1-3-13-35(14-4-1)41-31-49-47-29-37-23-25-42(57-51-20-10-7-17-44(51)36-15-5-2-6-16-36)27-39(37)33-54(47)59-55-34-40-28-43(26-24-38(40)30-48(55)50(32-41)56(49)59)58-52-21-11-8-18-45(52)46-19-9-12-22-53(46)58/h1-34,57H. The molecule has 0 saturated heterocycles. The van der Waals surface area contributed by atoms with Crippen molar-refractivity contribution in [2.24, 2.45) is 0 Å². The summed E-state index contributed by atoms with van der Waals surface area (Å²) in [6.07, 6.45) is 0. The predicted molar refractivity (Wildman–Crippen MR) is 251 cm³/mol. The predicted octanol–water partition coefficient (Wildman–Crippen LogP) is 15.3. The lowest BCUT2D eigenvalue weighted by atomic mass is 9.97. The van der Waals surface area contributed by atoms with Crippen molar-refractivity contribution in [3.05, 3.63) is 206 Å². The van der Waals surface area contributed by atoms with Crippen LogP contribution in [0.15, 0.2) is 206 Å². The zero-order valence-electron chi connectivity index (χ0n) is 32.0. The molecule has 3 heterocycles. The first-order chi connectivity index (χ1) is 29.2. The summed E-state index contributed by atoms with van der Waals surface area (Å²) >= 11 is 0. The normalized spacial score (nSPS) is 12.1. The highest BCUT2D eigenvalue weighted by molar-refractivity contribution is 6.27. The second kappa shape index (κ2) is 12.3. The van der Waals surface area contributed by atoms with Crippen molar-refractivity contribution in [2.75, 3.05) is 5.32 Å². The van der Waals surface area contributed by atoms with Gasteiger partial charge in [-0.1, -0.05) is 127 Å². The van der Waals surface area contributed by atoms with Gasteiger partial charge in [0.25, 0.3) is 0 Å². The molecule has 3 aromatic heterocycles. The minimum absolute atomic E-state index is 1.06. The number of nitrogens with zero attached hydrogens (tertiary/aromatic N) is 2. The van der Waals surface area contributed by atoms with E-state index < -0.39 is 0 Å². The summed E-state index contributed by atoms with van der Waals surface area (Å²) in [4.78, 5) is 0. The van der Waals surface area contributed by atoms with Crippen molar-refractivity contribution in [3.8, 4) is 27.9 Å². The van der Waals surface area contributed by atoms with Gasteiger partial charge in [-0.25, -0.2) is 0 Å². The van der Waals surface area contributed by atoms with Crippen LogP contribution in [-0.4, -0.2) is 8.97 Å². The number of rotatable bonds is 5. The van der Waals surface area contributed by atoms with Crippen molar-refractivity contribution in [1.29, 1.82) is 0 Å². The maximum atomic E-state index is 3.77. The SMILES string of the molecule is c1ccc(-c2cc3c4cc5ccc(Nc6ccccc6-c6ccccc6)cc5cc4n4c5cc6cc(-n7c8ccccc8c8ccccc87)ccc6cc5c(c2)c34)cc1. The van der Waals surface area contributed by atoms with Gasteiger partial charge in [-0.2, -0.15) is 0 Å². The second-order valence-corrected chi connectivity index (χ2v) is 15.9. The molecule has 0 atom stereocenters. The van der Waals surface area contributed by atoms with Crippen LogP contribution in [0.1, 0.15) is 0 Å². The molecule has 0 aliphatic carbocycles. The third kappa shape index (κ3) is 4.82. The molecule has 0 aliphatic heterocycles. The Morgan fingerprint density at radius 3 is 1.56 bits per heavy atom. The van der Waals surface area contributed by atoms with Crippen LogP contribution >= 0.6 is 0 Å². The monoisotopic (exact) mass is 749 g/mol. The Morgan fingerprint density at radius 2 is 0.881 bits per heavy atom.